The molecule has 1 aromatic carbocycles. The highest BCUT2D eigenvalue weighted by atomic mass is 32.1. The van der Waals surface area contributed by atoms with Crippen LogP contribution in [0, 0.1) is 0 Å². The van der Waals surface area contributed by atoms with E-state index in [1.807, 2.05) is 6.07 Å². The van der Waals surface area contributed by atoms with E-state index in [1.165, 1.54) is 11.1 Å². The third-order valence-electron chi connectivity index (χ3n) is 2.83. The summed E-state index contributed by atoms with van der Waals surface area (Å²) in [7, 11) is 5.85. The third-order valence-corrected chi connectivity index (χ3v) is 3.56. The number of methoxy groups -OCH3 is 1. The van der Waals surface area contributed by atoms with Crippen LogP contribution >= 0.6 is 11.3 Å². The Kier molecular flexibility index (Phi) is 4.82. The number of nitrogens with one attached hydrogen (secondary N) is 1. The minimum absolute atomic E-state index is 0.825. The van der Waals surface area contributed by atoms with Gasteiger partial charge in [0.05, 0.1) is 12.8 Å². The second kappa shape index (κ2) is 6.59. The number of anilines is 1. The van der Waals surface area contributed by atoms with E-state index in [1.54, 1.807) is 18.4 Å². The smallest absolute Gasteiger partial charge is 0.141 e. The summed E-state index contributed by atoms with van der Waals surface area (Å²) < 4.78 is 5.40. The average molecular weight is 276 g/mol. The minimum atomic E-state index is 0.825. The fraction of sp³-hybridized carbons (Fsp3) is 0.333. The van der Waals surface area contributed by atoms with Gasteiger partial charge in [-0.3, -0.25) is 0 Å². The zero-order valence-corrected chi connectivity index (χ0v) is 12.5. The van der Waals surface area contributed by atoms with Crippen molar-refractivity contribution in [2.24, 2.45) is 0 Å². The van der Waals surface area contributed by atoms with Crippen molar-refractivity contribution < 1.29 is 4.74 Å². The first-order valence-electron chi connectivity index (χ1n) is 6.25. The Morgan fingerprint density at radius 2 is 2.05 bits per heavy atom. The van der Waals surface area contributed by atoms with Crippen molar-refractivity contribution in [3.63, 3.8) is 0 Å². The van der Waals surface area contributed by atoms with Crippen LogP contribution < -0.4 is 10.1 Å². The van der Waals surface area contributed by atoms with Crippen molar-refractivity contribution in [2.45, 2.75) is 13.1 Å². The lowest BCUT2D eigenvalue weighted by atomic mass is 10.1. The third kappa shape index (κ3) is 3.98. The average Bonchev–Trinajstić information content (AvgIpc) is 2.89. The van der Waals surface area contributed by atoms with Crippen LogP contribution in [0.4, 0.5) is 5.69 Å². The summed E-state index contributed by atoms with van der Waals surface area (Å²) in [5.41, 5.74) is 3.62. The molecule has 0 unspecified atom stereocenters. The molecule has 0 spiro atoms. The van der Waals surface area contributed by atoms with Gasteiger partial charge in [0.1, 0.15) is 5.75 Å². The highest BCUT2D eigenvalue weighted by Crippen LogP contribution is 2.26. The van der Waals surface area contributed by atoms with Gasteiger partial charge in [-0.2, -0.15) is 11.3 Å². The Hall–Kier alpha value is -1.52. The molecule has 2 rings (SSSR count). The maximum absolute atomic E-state index is 5.40. The van der Waals surface area contributed by atoms with Gasteiger partial charge in [0.25, 0.3) is 0 Å². The van der Waals surface area contributed by atoms with Gasteiger partial charge in [0.2, 0.25) is 0 Å². The first-order valence-corrected chi connectivity index (χ1v) is 7.20. The molecule has 4 heteroatoms. The van der Waals surface area contributed by atoms with Crippen LogP contribution in [0.5, 0.6) is 5.75 Å². The van der Waals surface area contributed by atoms with E-state index in [2.05, 4.69) is 53.3 Å². The summed E-state index contributed by atoms with van der Waals surface area (Å²) in [5.74, 6) is 0.887. The fourth-order valence-electron chi connectivity index (χ4n) is 1.95. The molecule has 0 radical (unpaired) electrons. The van der Waals surface area contributed by atoms with Crippen LogP contribution in [-0.4, -0.2) is 26.1 Å². The zero-order chi connectivity index (χ0) is 13.7. The Labute approximate surface area is 118 Å². The van der Waals surface area contributed by atoms with Crippen LogP contribution in [-0.2, 0) is 13.1 Å². The number of benzene rings is 1. The van der Waals surface area contributed by atoms with Crippen molar-refractivity contribution >= 4 is 17.0 Å². The van der Waals surface area contributed by atoms with Crippen LogP contribution in [0.1, 0.15) is 11.1 Å². The lowest BCUT2D eigenvalue weighted by molar-refractivity contribution is 0.400. The fourth-order valence-corrected chi connectivity index (χ4v) is 2.62. The summed E-state index contributed by atoms with van der Waals surface area (Å²) in [5, 5.41) is 7.69. The second-order valence-corrected chi connectivity index (χ2v) is 5.54. The van der Waals surface area contributed by atoms with E-state index >= 15 is 0 Å². The Morgan fingerprint density at radius 3 is 2.68 bits per heavy atom. The Morgan fingerprint density at radius 1 is 1.21 bits per heavy atom. The largest absolute Gasteiger partial charge is 0.495 e. The van der Waals surface area contributed by atoms with E-state index in [9.17, 15) is 0 Å². The van der Waals surface area contributed by atoms with Gasteiger partial charge >= 0.3 is 0 Å². The number of hydrogen-bond acceptors (Lipinski definition) is 4. The Balaban J connectivity index is 2.11. The van der Waals surface area contributed by atoms with Gasteiger partial charge < -0.3 is 15.0 Å². The van der Waals surface area contributed by atoms with Crippen LogP contribution in [0.15, 0.2) is 35.0 Å². The monoisotopic (exact) mass is 276 g/mol. The van der Waals surface area contributed by atoms with Crippen molar-refractivity contribution in [2.75, 3.05) is 26.5 Å². The van der Waals surface area contributed by atoms with E-state index in [4.69, 9.17) is 4.74 Å². The number of thiophene rings is 1. The lowest BCUT2D eigenvalue weighted by Gasteiger charge is -2.15. The molecule has 102 valence electrons. The molecule has 1 heterocycles. The molecule has 0 atom stereocenters. The molecule has 0 bridgehead atoms. The van der Waals surface area contributed by atoms with Gasteiger partial charge in [-0.05, 0) is 54.2 Å². The van der Waals surface area contributed by atoms with E-state index < -0.39 is 0 Å². The van der Waals surface area contributed by atoms with E-state index in [0.29, 0.717) is 0 Å². The molecular formula is C15H20N2OS. The topological polar surface area (TPSA) is 24.5 Å². The van der Waals surface area contributed by atoms with Crippen LogP contribution in [0.2, 0.25) is 0 Å². The van der Waals surface area contributed by atoms with Crippen LogP contribution in [0.25, 0.3) is 0 Å². The maximum atomic E-state index is 5.40. The van der Waals surface area contributed by atoms with Gasteiger partial charge in [0, 0.05) is 13.1 Å². The van der Waals surface area contributed by atoms with Gasteiger partial charge in [-0.15, -0.1) is 0 Å². The number of hydrogen-bond donors (Lipinski definition) is 1. The molecule has 19 heavy (non-hydrogen) atoms. The first-order chi connectivity index (χ1) is 9.19. The maximum Gasteiger partial charge on any atom is 0.141 e. The molecule has 0 fully saturated rings. The molecule has 0 saturated carbocycles. The minimum Gasteiger partial charge on any atom is -0.495 e. The number of nitrogens with zero attached hydrogens (tertiary/aromatic N) is 1. The summed E-state index contributed by atoms with van der Waals surface area (Å²) in [6, 6.07) is 8.42. The standard InChI is InChI=1S/C15H20N2OS/c1-17(2)10-12-4-5-15(18-3)14(8-12)16-9-13-6-7-19-11-13/h4-8,11,16H,9-10H2,1-3H3. The molecule has 0 aliphatic carbocycles. The molecule has 0 aliphatic rings. The molecule has 3 nitrogen and oxygen atoms in total. The van der Waals surface area contributed by atoms with Gasteiger partial charge in [0.15, 0.2) is 0 Å². The lowest BCUT2D eigenvalue weighted by Crippen LogP contribution is -2.11. The molecule has 1 aromatic heterocycles. The normalized spacial score (nSPS) is 10.7. The summed E-state index contributed by atoms with van der Waals surface area (Å²) in [6.07, 6.45) is 0. The summed E-state index contributed by atoms with van der Waals surface area (Å²) in [4.78, 5) is 2.16. The highest BCUT2D eigenvalue weighted by molar-refractivity contribution is 7.07. The number of ether oxygens (including phenoxy) is 1. The van der Waals surface area contributed by atoms with E-state index in [0.717, 1.165) is 24.5 Å². The van der Waals surface area contributed by atoms with Crippen LogP contribution in [0.3, 0.4) is 0 Å². The SMILES string of the molecule is COc1ccc(CN(C)C)cc1NCc1ccsc1. The van der Waals surface area contributed by atoms with Crippen molar-refractivity contribution in [1.82, 2.24) is 4.90 Å². The predicted molar refractivity (Wildman–Crippen MR) is 82.0 cm³/mol. The summed E-state index contributed by atoms with van der Waals surface area (Å²) >= 11 is 1.72. The highest BCUT2D eigenvalue weighted by Gasteiger charge is 2.05. The number of rotatable bonds is 6. The van der Waals surface area contributed by atoms with Gasteiger partial charge in [-0.25, -0.2) is 0 Å². The van der Waals surface area contributed by atoms with Crippen molar-refractivity contribution in [3.05, 3.63) is 46.2 Å². The quantitative estimate of drug-likeness (QED) is 0.875. The van der Waals surface area contributed by atoms with Gasteiger partial charge in [-0.1, -0.05) is 6.07 Å². The van der Waals surface area contributed by atoms with Crippen molar-refractivity contribution in [1.29, 1.82) is 0 Å². The molecular weight excluding hydrogens is 256 g/mol. The molecule has 0 aliphatic heterocycles. The summed E-state index contributed by atoms with van der Waals surface area (Å²) in [6.45, 7) is 1.75. The molecule has 0 amide bonds. The van der Waals surface area contributed by atoms with Crippen molar-refractivity contribution in [3.8, 4) is 5.75 Å². The molecule has 0 saturated heterocycles. The van der Waals surface area contributed by atoms with E-state index in [-0.39, 0.29) is 0 Å². The Bertz CT molecular complexity index is 509. The zero-order valence-electron chi connectivity index (χ0n) is 11.6. The second-order valence-electron chi connectivity index (χ2n) is 4.76. The predicted octanol–water partition coefficient (Wildman–Crippen LogP) is 3.43. The molecule has 2 aromatic rings. The first kappa shape index (κ1) is 13.9. The molecule has 1 N–H and O–H groups in total.